The van der Waals surface area contributed by atoms with Gasteiger partial charge in [0.25, 0.3) is 5.91 Å². The number of aryl methyl sites for hydroxylation is 1. The zero-order valence-electron chi connectivity index (χ0n) is 15.2. The Hall–Kier alpha value is -3.14. The number of halogens is 1. The third-order valence-electron chi connectivity index (χ3n) is 4.22. The predicted molar refractivity (Wildman–Crippen MR) is 112 cm³/mol. The molecule has 7 heteroatoms. The molecule has 0 bridgehead atoms. The Labute approximate surface area is 172 Å². The average molecular weight is 410 g/mol. The van der Waals surface area contributed by atoms with Crippen molar-refractivity contribution in [2.24, 2.45) is 0 Å². The van der Waals surface area contributed by atoms with E-state index >= 15 is 0 Å². The number of aromatic nitrogens is 1. The van der Waals surface area contributed by atoms with Crippen LogP contribution >= 0.6 is 23.8 Å². The first kappa shape index (κ1) is 19.6. The number of ether oxygens (including phenoxy) is 1. The Morgan fingerprint density at radius 3 is 2.39 bits per heavy atom. The van der Waals surface area contributed by atoms with Crippen LogP contribution in [0.25, 0.3) is 11.1 Å². The highest BCUT2D eigenvalue weighted by Gasteiger charge is 2.21. The molecular weight excluding hydrogens is 394 g/mol. The Bertz CT molecular complexity index is 1130. The number of hydrogen-bond acceptors (Lipinski definition) is 4. The number of pyridine rings is 1. The summed E-state index contributed by atoms with van der Waals surface area (Å²) < 4.78 is 5.48. The lowest BCUT2D eigenvalue weighted by atomic mass is 9.94. The summed E-state index contributed by atoms with van der Waals surface area (Å²) in [6.45, 7) is 1.75. The molecule has 0 unspecified atom stereocenters. The van der Waals surface area contributed by atoms with Crippen molar-refractivity contribution >= 4 is 35.4 Å². The van der Waals surface area contributed by atoms with Gasteiger partial charge in [0.1, 0.15) is 16.5 Å². The second-order valence-electron chi connectivity index (χ2n) is 6.01. The van der Waals surface area contributed by atoms with Gasteiger partial charge in [-0.05, 0) is 48.9 Å². The first-order chi connectivity index (χ1) is 13.4. The highest BCUT2D eigenvalue weighted by Crippen LogP contribution is 2.31. The molecule has 140 valence electrons. The highest BCUT2D eigenvalue weighted by atomic mass is 35.5. The number of carbonyl (C=O) groups is 1. The van der Waals surface area contributed by atoms with Crippen LogP contribution in [0.15, 0.2) is 48.5 Å². The fourth-order valence-electron chi connectivity index (χ4n) is 2.89. The van der Waals surface area contributed by atoms with Crippen LogP contribution in [-0.2, 0) is 0 Å². The smallest absolute Gasteiger partial charge is 0.258 e. The van der Waals surface area contributed by atoms with Crippen LogP contribution in [0.3, 0.4) is 0 Å². The lowest BCUT2D eigenvalue weighted by molar-refractivity contribution is 0.102. The van der Waals surface area contributed by atoms with Crippen molar-refractivity contribution in [1.82, 2.24) is 4.98 Å². The predicted octanol–water partition coefficient (Wildman–Crippen LogP) is 5.51. The fourth-order valence-corrected chi connectivity index (χ4v) is 3.31. The number of rotatable bonds is 4. The van der Waals surface area contributed by atoms with Crippen LogP contribution in [0.4, 0.5) is 5.69 Å². The molecule has 2 N–H and O–H groups in total. The maximum Gasteiger partial charge on any atom is 0.258 e. The lowest BCUT2D eigenvalue weighted by Crippen LogP contribution is -2.17. The van der Waals surface area contributed by atoms with E-state index < -0.39 is 0 Å². The summed E-state index contributed by atoms with van der Waals surface area (Å²) in [5.41, 5.74) is 2.94. The number of aromatic amines is 1. The zero-order chi connectivity index (χ0) is 20.3. The summed E-state index contributed by atoms with van der Waals surface area (Å²) in [7, 11) is 1.57. The van der Waals surface area contributed by atoms with Crippen LogP contribution in [0.1, 0.15) is 21.6 Å². The van der Waals surface area contributed by atoms with Gasteiger partial charge < -0.3 is 15.0 Å². The molecule has 0 radical (unpaired) electrons. The number of nitriles is 1. The minimum Gasteiger partial charge on any atom is -0.497 e. The van der Waals surface area contributed by atoms with E-state index in [-0.39, 0.29) is 16.1 Å². The molecule has 0 saturated carbocycles. The molecule has 28 heavy (non-hydrogen) atoms. The summed E-state index contributed by atoms with van der Waals surface area (Å²) in [4.78, 5) is 16.0. The SMILES string of the molecule is COc1ccc(-c2c(C(=O)Nc3ccc(Cl)cc3)c(C)[nH]c(=S)c2C#N)cc1. The molecule has 3 rings (SSSR count). The van der Waals surface area contributed by atoms with E-state index in [1.807, 2.05) is 0 Å². The second-order valence-corrected chi connectivity index (χ2v) is 6.85. The molecule has 1 amide bonds. The standard InChI is InChI=1S/C21H16ClN3O2S/c1-12-18(20(26)25-15-7-5-14(22)6-8-15)19(17(11-23)21(28)24-12)13-3-9-16(27-2)10-4-13/h3-10H,1-2H3,(H,24,28)(H,25,26). The van der Waals surface area contributed by atoms with Crippen LogP contribution < -0.4 is 10.1 Å². The molecule has 0 aliphatic heterocycles. The number of carbonyl (C=O) groups excluding carboxylic acids is 1. The van der Waals surface area contributed by atoms with E-state index in [1.165, 1.54) is 0 Å². The van der Waals surface area contributed by atoms with Gasteiger partial charge in [-0.3, -0.25) is 4.79 Å². The van der Waals surface area contributed by atoms with E-state index in [9.17, 15) is 10.1 Å². The van der Waals surface area contributed by atoms with Crippen molar-refractivity contribution in [3.05, 3.63) is 75.0 Å². The number of amides is 1. The van der Waals surface area contributed by atoms with Gasteiger partial charge in [-0.15, -0.1) is 0 Å². The Kier molecular flexibility index (Phi) is 5.78. The van der Waals surface area contributed by atoms with Crippen molar-refractivity contribution in [3.63, 3.8) is 0 Å². The third-order valence-corrected chi connectivity index (χ3v) is 4.78. The van der Waals surface area contributed by atoms with Gasteiger partial charge in [0, 0.05) is 22.0 Å². The summed E-state index contributed by atoms with van der Waals surface area (Å²) in [5.74, 6) is 0.320. The molecular formula is C21H16ClN3O2S. The van der Waals surface area contributed by atoms with Crippen LogP contribution in [0.5, 0.6) is 5.75 Å². The van der Waals surface area contributed by atoms with Crippen LogP contribution in [-0.4, -0.2) is 18.0 Å². The number of methoxy groups -OCH3 is 1. The summed E-state index contributed by atoms with van der Waals surface area (Å²) in [6, 6.07) is 16.0. The minimum absolute atomic E-state index is 0.243. The Morgan fingerprint density at radius 1 is 1.18 bits per heavy atom. The van der Waals surface area contributed by atoms with Gasteiger partial charge in [-0.25, -0.2) is 0 Å². The molecule has 0 saturated heterocycles. The molecule has 3 aromatic rings. The first-order valence-electron chi connectivity index (χ1n) is 8.33. The first-order valence-corrected chi connectivity index (χ1v) is 9.11. The van der Waals surface area contributed by atoms with Gasteiger partial charge in [-0.1, -0.05) is 36.0 Å². The molecule has 0 fully saturated rings. The number of anilines is 1. The molecule has 2 aromatic carbocycles. The molecule has 0 spiro atoms. The molecule has 0 aliphatic rings. The number of hydrogen-bond donors (Lipinski definition) is 2. The monoisotopic (exact) mass is 409 g/mol. The lowest BCUT2D eigenvalue weighted by Gasteiger charge is -2.15. The van der Waals surface area contributed by atoms with Crippen molar-refractivity contribution in [2.75, 3.05) is 12.4 Å². The van der Waals surface area contributed by atoms with Crippen LogP contribution in [0.2, 0.25) is 5.02 Å². The molecule has 1 aromatic heterocycles. The quantitative estimate of drug-likeness (QED) is 0.557. The van der Waals surface area contributed by atoms with Gasteiger partial charge in [0.2, 0.25) is 0 Å². The van der Waals surface area contributed by atoms with Crippen molar-refractivity contribution < 1.29 is 9.53 Å². The highest BCUT2D eigenvalue weighted by molar-refractivity contribution is 7.71. The van der Waals surface area contributed by atoms with E-state index in [0.717, 1.165) is 0 Å². The third kappa shape index (κ3) is 3.91. The normalized spacial score (nSPS) is 10.2. The van der Waals surface area contributed by atoms with Crippen molar-refractivity contribution in [1.29, 1.82) is 5.26 Å². The maximum atomic E-state index is 13.1. The maximum absolute atomic E-state index is 13.1. The van der Waals surface area contributed by atoms with Gasteiger partial charge in [0.05, 0.1) is 18.2 Å². The summed E-state index contributed by atoms with van der Waals surface area (Å²) in [5, 5.41) is 13.1. The van der Waals surface area contributed by atoms with Crippen molar-refractivity contribution in [3.8, 4) is 22.9 Å². The van der Waals surface area contributed by atoms with Gasteiger partial charge in [-0.2, -0.15) is 5.26 Å². The van der Waals surface area contributed by atoms with E-state index in [0.29, 0.717) is 38.8 Å². The van der Waals surface area contributed by atoms with Crippen LogP contribution in [0, 0.1) is 22.9 Å². The number of H-pyrrole nitrogens is 1. The number of nitrogens with zero attached hydrogens (tertiary/aromatic N) is 1. The molecule has 5 nitrogen and oxygen atoms in total. The van der Waals surface area contributed by atoms with E-state index in [4.69, 9.17) is 28.6 Å². The molecule has 0 atom stereocenters. The summed E-state index contributed by atoms with van der Waals surface area (Å²) >= 11 is 11.2. The number of nitrogens with one attached hydrogen (secondary N) is 2. The second kappa shape index (κ2) is 8.26. The molecule has 1 heterocycles. The fraction of sp³-hybridized carbons (Fsp3) is 0.0952. The largest absolute Gasteiger partial charge is 0.497 e. The Balaban J connectivity index is 2.16. The van der Waals surface area contributed by atoms with E-state index in [2.05, 4.69) is 16.4 Å². The van der Waals surface area contributed by atoms with Crippen molar-refractivity contribution in [2.45, 2.75) is 6.92 Å². The Morgan fingerprint density at radius 2 is 1.82 bits per heavy atom. The van der Waals surface area contributed by atoms with Gasteiger partial charge >= 0.3 is 0 Å². The van der Waals surface area contributed by atoms with Gasteiger partial charge in [0.15, 0.2) is 0 Å². The average Bonchev–Trinajstić information content (AvgIpc) is 2.69. The van der Waals surface area contributed by atoms with E-state index in [1.54, 1.807) is 62.6 Å². The zero-order valence-corrected chi connectivity index (χ0v) is 16.7. The number of benzene rings is 2. The minimum atomic E-state index is -0.353. The topological polar surface area (TPSA) is 77.9 Å². The summed E-state index contributed by atoms with van der Waals surface area (Å²) in [6.07, 6.45) is 0. The molecule has 0 aliphatic carbocycles.